The molecule has 8 nitrogen and oxygen atoms in total. The Morgan fingerprint density at radius 1 is 1.06 bits per heavy atom. The molecule has 1 atom stereocenters. The van der Waals surface area contributed by atoms with E-state index in [-0.39, 0.29) is 29.8 Å². The van der Waals surface area contributed by atoms with Crippen molar-refractivity contribution in [3.8, 4) is 11.8 Å². The molecule has 250 valence electrons. The van der Waals surface area contributed by atoms with Gasteiger partial charge in [-0.3, -0.25) is 14.4 Å². The maximum atomic E-state index is 13.4. The van der Waals surface area contributed by atoms with Crippen LogP contribution in [-0.2, 0) is 16.0 Å². The lowest BCUT2D eigenvalue weighted by atomic mass is 9.80. The summed E-state index contributed by atoms with van der Waals surface area (Å²) < 4.78 is 0. The number of Topliss-reactive ketones (excluding diaryl/α,β-unsaturated/α-hetero) is 1. The number of rotatable bonds is 14. The summed E-state index contributed by atoms with van der Waals surface area (Å²) in [5, 5.41) is 3.83. The molecule has 2 heterocycles. The zero-order valence-corrected chi connectivity index (χ0v) is 28.7. The van der Waals surface area contributed by atoms with Crippen molar-refractivity contribution in [2.45, 2.75) is 104 Å². The molecule has 1 aliphatic heterocycles. The van der Waals surface area contributed by atoms with Gasteiger partial charge in [-0.15, -0.1) is 0 Å². The highest BCUT2D eigenvalue weighted by Crippen LogP contribution is 2.30. The molecule has 8 heteroatoms. The van der Waals surface area contributed by atoms with Crippen LogP contribution in [0.2, 0.25) is 0 Å². The summed E-state index contributed by atoms with van der Waals surface area (Å²) in [6.07, 6.45) is 10.5. The first kappa shape index (κ1) is 35.8. The summed E-state index contributed by atoms with van der Waals surface area (Å²) in [5.41, 5.74) is 5.90. The van der Waals surface area contributed by atoms with Crippen LogP contribution in [-0.4, -0.2) is 72.4 Å². The van der Waals surface area contributed by atoms with Gasteiger partial charge in [-0.1, -0.05) is 38.8 Å². The second-order valence-corrected chi connectivity index (χ2v) is 12.8. The summed E-state index contributed by atoms with van der Waals surface area (Å²) >= 11 is 0. The lowest BCUT2D eigenvalue weighted by Gasteiger charge is -2.40. The van der Waals surface area contributed by atoms with Crippen molar-refractivity contribution < 1.29 is 19.2 Å². The molecular formula is C39H50N4O4. The Balaban J connectivity index is 1.28. The van der Waals surface area contributed by atoms with Crippen LogP contribution in [0.15, 0.2) is 36.4 Å². The molecule has 1 saturated carbocycles. The third-order valence-corrected chi connectivity index (χ3v) is 9.60. The van der Waals surface area contributed by atoms with Crippen molar-refractivity contribution in [1.29, 1.82) is 0 Å². The molecule has 0 radical (unpaired) electrons. The smallest absolute Gasteiger partial charge is 0.255 e. The molecule has 1 saturated heterocycles. The Morgan fingerprint density at radius 3 is 2.45 bits per heavy atom. The number of amides is 1. The standard InChI is InChI=1S/C39H50N4O4/c1-6-9-27(4)36-17-13-30(41-38(36)8-3)12-10-28-22-32(23-28)40-31-18-20-43(21-19-31)33-14-11-29(25-44)37(24-33)39(47)42(5)34(26-45)15-16-35(46)7-2/h9,11,13-14,17,24-26,28,31-32,34,40H,6-8,15-16,18-23H2,1-5H3/b27-9+. The Morgan fingerprint density at radius 2 is 1.81 bits per heavy atom. The van der Waals surface area contributed by atoms with Crippen LogP contribution >= 0.6 is 0 Å². The molecule has 1 amide bonds. The van der Waals surface area contributed by atoms with Gasteiger partial charge in [0.15, 0.2) is 6.29 Å². The number of nitrogens with one attached hydrogen (secondary N) is 1. The minimum Gasteiger partial charge on any atom is -0.371 e. The molecule has 47 heavy (non-hydrogen) atoms. The number of hydrogen-bond donors (Lipinski definition) is 1. The molecule has 0 spiro atoms. The fourth-order valence-corrected chi connectivity index (χ4v) is 6.51. The minimum absolute atomic E-state index is 0.0485. The number of hydrogen-bond acceptors (Lipinski definition) is 7. The number of pyridine rings is 1. The van der Waals surface area contributed by atoms with Gasteiger partial charge in [-0.05, 0) is 93.2 Å². The predicted molar refractivity (Wildman–Crippen MR) is 188 cm³/mol. The number of aryl methyl sites for hydroxylation is 1. The van der Waals surface area contributed by atoms with Crippen molar-refractivity contribution in [3.63, 3.8) is 0 Å². The largest absolute Gasteiger partial charge is 0.371 e. The van der Waals surface area contributed by atoms with E-state index >= 15 is 0 Å². The molecule has 0 bridgehead atoms. The van der Waals surface area contributed by atoms with E-state index in [0.717, 1.165) is 68.7 Å². The van der Waals surface area contributed by atoms with Crippen molar-refractivity contribution in [2.24, 2.45) is 5.92 Å². The van der Waals surface area contributed by atoms with Gasteiger partial charge in [0.2, 0.25) is 0 Å². The second kappa shape index (κ2) is 17.2. The Bertz CT molecular complexity index is 1520. The Kier molecular flexibility index (Phi) is 13.1. The molecule has 2 aromatic rings. The topological polar surface area (TPSA) is 99.7 Å². The van der Waals surface area contributed by atoms with Crippen molar-refractivity contribution in [2.75, 3.05) is 25.0 Å². The van der Waals surface area contributed by atoms with Gasteiger partial charge in [0.1, 0.15) is 17.8 Å². The molecule has 1 unspecified atom stereocenters. The number of likely N-dealkylation sites (N-methyl/N-ethyl adjacent to an activating group) is 1. The number of aldehydes is 2. The molecule has 1 aromatic carbocycles. The fraction of sp³-hybridized carbons (Fsp3) is 0.513. The highest BCUT2D eigenvalue weighted by Gasteiger charge is 2.31. The molecule has 2 fully saturated rings. The first-order valence-corrected chi connectivity index (χ1v) is 17.2. The van der Waals surface area contributed by atoms with E-state index in [1.54, 1.807) is 26.1 Å². The van der Waals surface area contributed by atoms with E-state index in [2.05, 4.69) is 55.0 Å². The quantitative estimate of drug-likeness (QED) is 0.199. The fourth-order valence-electron chi connectivity index (χ4n) is 6.51. The van der Waals surface area contributed by atoms with E-state index in [9.17, 15) is 19.2 Å². The van der Waals surface area contributed by atoms with Crippen LogP contribution in [0.3, 0.4) is 0 Å². The highest BCUT2D eigenvalue weighted by molar-refractivity contribution is 6.03. The van der Waals surface area contributed by atoms with Gasteiger partial charge in [0.25, 0.3) is 5.91 Å². The predicted octanol–water partition coefficient (Wildman–Crippen LogP) is 6.06. The van der Waals surface area contributed by atoms with Gasteiger partial charge >= 0.3 is 0 Å². The second-order valence-electron chi connectivity index (χ2n) is 12.8. The number of anilines is 1. The first-order chi connectivity index (χ1) is 22.7. The summed E-state index contributed by atoms with van der Waals surface area (Å²) in [7, 11) is 1.55. The van der Waals surface area contributed by atoms with Crippen LogP contribution in [0.25, 0.3) is 5.57 Å². The molecule has 4 rings (SSSR count). The number of benzene rings is 1. The summed E-state index contributed by atoms with van der Waals surface area (Å²) in [6, 6.07) is 9.69. The number of piperidine rings is 1. The third kappa shape index (κ3) is 9.26. The van der Waals surface area contributed by atoms with E-state index in [1.807, 2.05) is 12.1 Å². The van der Waals surface area contributed by atoms with Crippen LogP contribution in [0.5, 0.6) is 0 Å². The zero-order valence-electron chi connectivity index (χ0n) is 28.7. The first-order valence-electron chi connectivity index (χ1n) is 17.2. The minimum atomic E-state index is -0.727. The van der Waals surface area contributed by atoms with Crippen LogP contribution < -0.4 is 10.2 Å². The molecule has 1 N–H and O–H groups in total. The van der Waals surface area contributed by atoms with Gasteiger partial charge in [-0.25, -0.2) is 4.98 Å². The Labute approximate surface area is 280 Å². The lowest BCUT2D eigenvalue weighted by molar-refractivity contribution is -0.119. The van der Waals surface area contributed by atoms with E-state index < -0.39 is 11.9 Å². The monoisotopic (exact) mass is 638 g/mol. The van der Waals surface area contributed by atoms with Crippen LogP contribution in [0, 0.1) is 17.8 Å². The van der Waals surface area contributed by atoms with Crippen molar-refractivity contribution in [1.82, 2.24) is 15.2 Å². The maximum Gasteiger partial charge on any atom is 0.255 e. The number of allylic oxidation sites excluding steroid dienone is 2. The normalized spacial score (nSPS) is 18.8. The highest BCUT2D eigenvalue weighted by atomic mass is 16.2. The Hall–Kier alpha value is -4.09. The maximum absolute atomic E-state index is 13.4. The summed E-state index contributed by atoms with van der Waals surface area (Å²) in [6.45, 7) is 9.89. The number of carbonyl (C=O) groups excluding carboxylic acids is 4. The van der Waals surface area contributed by atoms with Gasteiger partial charge in [-0.2, -0.15) is 0 Å². The average Bonchev–Trinajstić information content (AvgIpc) is 3.08. The van der Waals surface area contributed by atoms with Crippen molar-refractivity contribution in [3.05, 3.63) is 64.5 Å². The average molecular weight is 639 g/mol. The van der Waals surface area contributed by atoms with Crippen molar-refractivity contribution >= 4 is 35.5 Å². The van der Waals surface area contributed by atoms with Crippen LogP contribution in [0.1, 0.15) is 117 Å². The third-order valence-electron chi connectivity index (χ3n) is 9.60. The zero-order chi connectivity index (χ0) is 33.9. The lowest BCUT2D eigenvalue weighted by Crippen LogP contribution is -2.50. The van der Waals surface area contributed by atoms with E-state index in [4.69, 9.17) is 4.98 Å². The number of aromatic nitrogens is 1. The van der Waals surface area contributed by atoms with Gasteiger partial charge in [0, 0.05) is 67.9 Å². The summed E-state index contributed by atoms with van der Waals surface area (Å²) in [5.74, 6) is 6.81. The molecule has 2 aliphatic rings. The van der Waals surface area contributed by atoms with E-state index in [0.29, 0.717) is 37.0 Å². The SMILES string of the molecule is CC/C=C(\C)c1ccc(C#CC2CC(NC3CCN(c4ccc(C=O)c(C(=O)N(C)C(C=O)CCC(=O)CC)c4)CC3)C2)nc1CC. The number of carbonyl (C=O) groups is 4. The molecule has 1 aliphatic carbocycles. The molecular weight excluding hydrogens is 588 g/mol. The van der Waals surface area contributed by atoms with Crippen LogP contribution in [0.4, 0.5) is 5.69 Å². The molecule has 1 aromatic heterocycles. The van der Waals surface area contributed by atoms with Gasteiger partial charge in [0.05, 0.1) is 11.6 Å². The van der Waals surface area contributed by atoms with Gasteiger partial charge < -0.3 is 19.9 Å². The number of nitrogens with zero attached hydrogens (tertiary/aromatic N) is 3. The summed E-state index contributed by atoms with van der Waals surface area (Å²) in [4.78, 5) is 57.2. The van der Waals surface area contributed by atoms with E-state index in [1.165, 1.54) is 16.0 Å². The number of ketones is 1.